The SMILES string of the molecule is CCCCOC(=O)[C@H]1CS[C@H](c2ccccc2)N1C(=O)CCCC. The minimum Gasteiger partial charge on any atom is -0.464 e. The summed E-state index contributed by atoms with van der Waals surface area (Å²) in [6.45, 7) is 4.56. The van der Waals surface area contributed by atoms with Crippen LogP contribution in [0.5, 0.6) is 0 Å². The largest absolute Gasteiger partial charge is 0.464 e. The Morgan fingerprint density at radius 1 is 1.17 bits per heavy atom. The zero-order valence-electron chi connectivity index (χ0n) is 14.6. The summed E-state index contributed by atoms with van der Waals surface area (Å²) in [5.74, 6) is 0.384. The molecule has 0 radical (unpaired) electrons. The Bertz CT molecular complexity index is 535. The first kappa shape index (κ1) is 18.8. The number of hydrogen-bond donors (Lipinski definition) is 0. The van der Waals surface area contributed by atoms with Gasteiger partial charge >= 0.3 is 5.97 Å². The van der Waals surface area contributed by atoms with Gasteiger partial charge in [-0.2, -0.15) is 0 Å². The quantitative estimate of drug-likeness (QED) is 0.522. The number of rotatable bonds is 8. The van der Waals surface area contributed by atoms with Crippen LogP contribution >= 0.6 is 11.8 Å². The number of unbranched alkanes of at least 4 members (excludes halogenated alkanes) is 2. The van der Waals surface area contributed by atoms with Crippen molar-refractivity contribution >= 4 is 23.6 Å². The van der Waals surface area contributed by atoms with Crippen molar-refractivity contribution in [3.8, 4) is 0 Å². The third-order valence-electron chi connectivity index (χ3n) is 4.13. The van der Waals surface area contributed by atoms with E-state index in [1.807, 2.05) is 30.3 Å². The molecule has 1 aliphatic heterocycles. The Balaban J connectivity index is 2.14. The molecule has 0 spiro atoms. The molecule has 24 heavy (non-hydrogen) atoms. The van der Waals surface area contributed by atoms with Gasteiger partial charge in [-0.15, -0.1) is 11.8 Å². The predicted molar refractivity (Wildman–Crippen MR) is 97.7 cm³/mol. The van der Waals surface area contributed by atoms with E-state index in [0.29, 0.717) is 18.8 Å². The van der Waals surface area contributed by atoms with Crippen LogP contribution in [-0.4, -0.2) is 35.2 Å². The summed E-state index contributed by atoms with van der Waals surface area (Å²) in [6, 6.07) is 9.46. The van der Waals surface area contributed by atoms with E-state index in [0.717, 1.165) is 31.2 Å². The maximum atomic E-state index is 12.7. The van der Waals surface area contributed by atoms with Crippen LogP contribution in [0.1, 0.15) is 56.9 Å². The lowest BCUT2D eigenvalue weighted by molar-refractivity contribution is -0.154. The van der Waals surface area contributed by atoms with Crippen molar-refractivity contribution < 1.29 is 14.3 Å². The molecule has 2 rings (SSSR count). The summed E-state index contributed by atoms with van der Waals surface area (Å²) in [5.41, 5.74) is 1.07. The number of nitrogens with zero attached hydrogens (tertiary/aromatic N) is 1. The average molecular weight is 349 g/mol. The number of carbonyl (C=O) groups excluding carboxylic acids is 2. The molecule has 0 N–H and O–H groups in total. The first-order chi connectivity index (χ1) is 11.7. The van der Waals surface area contributed by atoms with E-state index < -0.39 is 6.04 Å². The van der Waals surface area contributed by atoms with Crippen LogP contribution in [-0.2, 0) is 14.3 Å². The van der Waals surface area contributed by atoms with Crippen LogP contribution < -0.4 is 0 Å². The highest BCUT2D eigenvalue weighted by Crippen LogP contribution is 2.42. The molecule has 1 aromatic rings. The molecule has 1 aliphatic rings. The highest BCUT2D eigenvalue weighted by atomic mass is 32.2. The molecule has 0 bridgehead atoms. The fourth-order valence-corrected chi connectivity index (χ4v) is 4.17. The van der Waals surface area contributed by atoms with Crippen molar-refractivity contribution in [3.05, 3.63) is 35.9 Å². The molecular weight excluding hydrogens is 322 g/mol. The molecular formula is C19H27NO3S. The van der Waals surface area contributed by atoms with Crippen molar-refractivity contribution in [1.82, 2.24) is 4.90 Å². The van der Waals surface area contributed by atoms with Crippen molar-refractivity contribution in [1.29, 1.82) is 0 Å². The lowest BCUT2D eigenvalue weighted by atomic mass is 10.1. The number of carbonyl (C=O) groups is 2. The molecule has 0 saturated carbocycles. The zero-order chi connectivity index (χ0) is 17.4. The molecule has 0 aromatic heterocycles. The van der Waals surface area contributed by atoms with E-state index in [-0.39, 0.29) is 17.3 Å². The van der Waals surface area contributed by atoms with Gasteiger partial charge in [-0.1, -0.05) is 57.0 Å². The predicted octanol–water partition coefficient (Wildman–Crippen LogP) is 4.16. The normalized spacial score (nSPS) is 20.2. The van der Waals surface area contributed by atoms with E-state index in [9.17, 15) is 9.59 Å². The molecule has 2 atom stereocenters. The van der Waals surface area contributed by atoms with E-state index in [2.05, 4.69) is 13.8 Å². The third-order valence-corrected chi connectivity index (χ3v) is 5.45. The smallest absolute Gasteiger partial charge is 0.329 e. The van der Waals surface area contributed by atoms with Gasteiger partial charge in [0.25, 0.3) is 0 Å². The second-order valence-electron chi connectivity index (χ2n) is 6.04. The van der Waals surface area contributed by atoms with Crippen molar-refractivity contribution in [3.63, 3.8) is 0 Å². The Morgan fingerprint density at radius 2 is 1.88 bits per heavy atom. The van der Waals surface area contributed by atoms with Crippen LogP contribution in [0.25, 0.3) is 0 Å². The lowest BCUT2D eigenvalue weighted by Gasteiger charge is -2.28. The molecule has 5 heteroatoms. The van der Waals surface area contributed by atoms with Crippen molar-refractivity contribution in [2.75, 3.05) is 12.4 Å². The molecule has 0 unspecified atom stereocenters. The van der Waals surface area contributed by atoms with Gasteiger partial charge in [0.2, 0.25) is 5.91 Å². The number of thioether (sulfide) groups is 1. The molecule has 4 nitrogen and oxygen atoms in total. The molecule has 1 heterocycles. The summed E-state index contributed by atoms with van der Waals surface area (Å²) in [5, 5.41) is -0.0979. The summed E-state index contributed by atoms with van der Waals surface area (Å²) in [4.78, 5) is 26.9. The number of benzene rings is 1. The van der Waals surface area contributed by atoms with Gasteiger partial charge in [-0.25, -0.2) is 4.79 Å². The number of hydrogen-bond acceptors (Lipinski definition) is 4. The van der Waals surface area contributed by atoms with E-state index >= 15 is 0 Å². The van der Waals surface area contributed by atoms with E-state index in [1.54, 1.807) is 16.7 Å². The third kappa shape index (κ3) is 4.76. The molecule has 1 aromatic carbocycles. The first-order valence-corrected chi connectivity index (χ1v) is 9.88. The van der Waals surface area contributed by atoms with Crippen LogP contribution in [0.2, 0.25) is 0 Å². The molecule has 0 aliphatic carbocycles. The summed E-state index contributed by atoms with van der Waals surface area (Å²) in [6.07, 6.45) is 4.14. The maximum Gasteiger partial charge on any atom is 0.329 e. The van der Waals surface area contributed by atoms with Gasteiger partial charge in [-0.3, -0.25) is 4.79 Å². The Labute approximate surface area is 148 Å². The number of esters is 1. The van der Waals surface area contributed by atoms with Gasteiger partial charge in [0, 0.05) is 12.2 Å². The standard InChI is InChI=1S/C19H27NO3S/c1-3-5-12-17(21)20-16(19(22)23-13-6-4-2)14-24-18(20)15-10-8-7-9-11-15/h7-11,16,18H,3-6,12-14H2,1-2H3/t16-,18-/m1/s1. The highest BCUT2D eigenvalue weighted by molar-refractivity contribution is 7.99. The van der Waals surface area contributed by atoms with Crippen LogP contribution in [0.15, 0.2) is 30.3 Å². The summed E-state index contributed by atoms with van der Waals surface area (Å²) >= 11 is 1.65. The zero-order valence-corrected chi connectivity index (χ0v) is 15.4. The molecule has 1 fully saturated rings. The summed E-state index contributed by atoms with van der Waals surface area (Å²) < 4.78 is 5.39. The van der Waals surface area contributed by atoms with Gasteiger partial charge in [0.05, 0.1) is 6.61 Å². The Kier molecular flexibility index (Phi) is 7.63. The second kappa shape index (κ2) is 9.72. The Morgan fingerprint density at radius 3 is 2.54 bits per heavy atom. The topological polar surface area (TPSA) is 46.6 Å². The molecule has 132 valence electrons. The Hall–Kier alpha value is -1.49. The highest BCUT2D eigenvalue weighted by Gasteiger charge is 2.42. The van der Waals surface area contributed by atoms with Gasteiger partial charge in [-0.05, 0) is 18.4 Å². The molecule has 1 amide bonds. The van der Waals surface area contributed by atoms with Crippen LogP contribution in [0.3, 0.4) is 0 Å². The number of amides is 1. The fourth-order valence-electron chi connectivity index (χ4n) is 2.74. The van der Waals surface area contributed by atoms with Gasteiger partial charge in [0.15, 0.2) is 0 Å². The van der Waals surface area contributed by atoms with E-state index in [4.69, 9.17) is 4.74 Å². The van der Waals surface area contributed by atoms with Crippen molar-refractivity contribution in [2.24, 2.45) is 0 Å². The van der Waals surface area contributed by atoms with Gasteiger partial charge in [0.1, 0.15) is 11.4 Å². The molecule has 1 saturated heterocycles. The minimum absolute atomic E-state index is 0.0492. The monoisotopic (exact) mass is 349 g/mol. The summed E-state index contributed by atoms with van der Waals surface area (Å²) in [7, 11) is 0. The minimum atomic E-state index is -0.471. The van der Waals surface area contributed by atoms with Gasteiger partial charge < -0.3 is 9.64 Å². The van der Waals surface area contributed by atoms with Crippen molar-refractivity contribution in [2.45, 2.75) is 57.4 Å². The van der Waals surface area contributed by atoms with Crippen LogP contribution in [0.4, 0.5) is 0 Å². The van der Waals surface area contributed by atoms with Crippen LogP contribution in [0, 0.1) is 0 Å². The van der Waals surface area contributed by atoms with E-state index in [1.165, 1.54) is 0 Å². The first-order valence-electron chi connectivity index (χ1n) is 8.83. The average Bonchev–Trinajstić information content (AvgIpc) is 3.05. The second-order valence-corrected chi connectivity index (χ2v) is 7.15. The fraction of sp³-hybridized carbons (Fsp3) is 0.579. The maximum absolute atomic E-state index is 12.7. The number of ether oxygens (including phenoxy) is 1. The lowest BCUT2D eigenvalue weighted by Crippen LogP contribution is -2.43.